The van der Waals surface area contributed by atoms with Gasteiger partial charge in [-0.2, -0.15) is 0 Å². The Kier molecular flexibility index (Phi) is 3.64. The van der Waals surface area contributed by atoms with E-state index in [4.69, 9.17) is 17.3 Å². The molecule has 1 nitrogen and oxygen atoms in total. The SMILES string of the molecule is Cc1sccc1C(C)(N)c1ccc(Br)cc1Cl. The van der Waals surface area contributed by atoms with Gasteiger partial charge in [0.15, 0.2) is 0 Å². The van der Waals surface area contributed by atoms with E-state index < -0.39 is 5.54 Å². The van der Waals surface area contributed by atoms with Crippen molar-refractivity contribution in [3.8, 4) is 0 Å². The molecule has 0 fully saturated rings. The zero-order chi connectivity index (χ0) is 12.6. The highest BCUT2D eigenvalue weighted by Crippen LogP contribution is 2.36. The molecule has 0 aliphatic carbocycles. The van der Waals surface area contributed by atoms with Crippen molar-refractivity contribution in [2.45, 2.75) is 19.4 Å². The van der Waals surface area contributed by atoms with Gasteiger partial charge in [-0.3, -0.25) is 0 Å². The van der Waals surface area contributed by atoms with Crippen molar-refractivity contribution < 1.29 is 0 Å². The third-order valence-electron chi connectivity index (χ3n) is 2.91. The van der Waals surface area contributed by atoms with Crippen LogP contribution in [0.15, 0.2) is 34.1 Å². The van der Waals surface area contributed by atoms with Gasteiger partial charge in [0.05, 0.1) is 5.54 Å². The summed E-state index contributed by atoms with van der Waals surface area (Å²) >= 11 is 11.4. The van der Waals surface area contributed by atoms with Crippen LogP contribution in [0.25, 0.3) is 0 Å². The summed E-state index contributed by atoms with van der Waals surface area (Å²) < 4.78 is 0.962. The molecule has 0 saturated heterocycles. The minimum absolute atomic E-state index is 0.554. The Balaban J connectivity index is 2.55. The van der Waals surface area contributed by atoms with E-state index in [1.165, 1.54) is 4.88 Å². The van der Waals surface area contributed by atoms with Crippen molar-refractivity contribution in [2.75, 3.05) is 0 Å². The summed E-state index contributed by atoms with van der Waals surface area (Å²) in [5.74, 6) is 0. The number of nitrogens with two attached hydrogens (primary N) is 1. The molecule has 1 heterocycles. The number of halogens is 2. The molecule has 1 unspecified atom stereocenters. The molecule has 0 saturated carbocycles. The Bertz CT molecular complexity index is 548. The van der Waals surface area contributed by atoms with Crippen molar-refractivity contribution in [2.24, 2.45) is 5.73 Å². The summed E-state index contributed by atoms with van der Waals surface area (Å²) in [7, 11) is 0. The van der Waals surface area contributed by atoms with Crippen LogP contribution in [-0.2, 0) is 5.54 Å². The average Bonchev–Trinajstić information content (AvgIpc) is 2.64. The lowest BCUT2D eigenvalue weighted by atomic mass is 9.86. The molecule has 0 spiro atoms. The predicted octanol–water partition coefficient (Wildman–Crippen LogP) is 4.69. The first-order chi connectivity index (χ1) is 7.93. The van der Waals surface area contributed by atoms with Crippen LogP contribution in [0.4, 0.5) is 0 Å². The third-order valence-corrected chi connectivity index (χ3v) is 4.56. The van der Waals surface area contributed by atoms with E-state index in [1.807, 2.05) is 25.1 Å². The average molecular weight is 331 g/mol. The highest BCUT2D eigenvalue weighted by Gasteiger charge is 2.28. The van der Waals surface area contributed by atoms with Gasteiger partial charge in [0.1, 0.15) is 0 Å². The minimum atomic E-state index is -0.554. The lowest BCUT2D eigenvalue weighted by Crippen LogP contribution is -2.34. The van der Waals surface area contributed by atoms with Crippen molar-refractivity contribution in [1.29, 1.82) is 0 Å². The number of aryl methyl sites for hydroxylation is 1. The van der Waals surface area contributed by atoms with E-state index in [2.05, 4.69) is 34.3 Å². The molecule has 2 N–H and O–H groups in total. The van der Waals surface area contributed by atoms with E-state index in [1.54, 1.807) is 11.3 Å². The summed E-state index contributed by atoms with van der Waals surface area (Å²) in [5, 5.41) is 2.75. The standard InChI is InChI=1S/C13H13BrClNS/c1-8-10(5-6-17-8)13(2,16)11-4-3-9(14)7-12(11)15/h3-7H,16H2,1-2H3. The zero-order valence-corrected chi connectivity index (χ0v) is 12.8. The maximum Gasteiger partial charge on any atom is 0.0662 e. The van der Waals surface area contributed by atoms with Gasteiger partial charge in [0, 0.05) is 14.4 Å². The smallest absolute Gasteiger partial charge is 0.0662 e. The molecule has 0 amide bonds. The molecule has 0 aliphatic rings. The molecule has 1 atom stereocenters. The van der Waals surface area contributed by atoms with Gasteiger partial charge in [-0.1, -0.05) is 33.6 Å². The van der Waals surface area contributed by atoms with E-state index in [0.717, 1.165) is 15.6 Å². The van der Waals surface area contributed by atoms with Crippen LogP contribution >= 0.6 is 38.9 Å². The fourth-order valence-corrected chi connectivity index (χ4v) is 3.66. The van der Waals surface area contributed by atoms with Crippen molar-refractivity contribution in [1.82, 2.24) is 0 Å². The van der Waals surface area contributed by atoms with Gasteiger partial charge in [-0.25, -0.2) is 0 Å². The monoisotopic (exact) mass is 329 g/mol. The van der Waals surface area contributed by atoms with Crippen LogP contribution in [0.3, 0.4) is 0 Å². The van der Waals surface area contributed by atoms with E-state index in [0.29, 0.717) is 5.02 Å². The first-order valence-corrected chi connectivity index (χ1v) is 7.27. The van der Waals surface area contributed by atoms with Crippen LogP contribution in [0.5, 0.6) is 0 Å². The van der Waals surface area contributed by atoms with Gasteiger partial charge >= 0.3 is 0 Å². The quantitative estimate of drug-likeness (QED) is 0.849. The molecular formula is C13H13BrClNS. The lowest BCUT2D eigenvalue weighted by molar-refractivity contribution is 0.602. The number of benzene rings is 1. The Labute approximate surface area is 119 Å². The second-order valence-corrected chi connectivity index (χ2v) is 6.66. The van der Waals surface area contributed by atoms with E-state index in [9.17, 15) is 0 Å². The summed E-state index contributed by atoms with van der Waals surface area (Å²) in [4.78, 5) is 1.23. The summed E-state index contributed by atoms with van der Waals surface area (Å²) in [5.41, 5.74) is 7.99. The highest BCUT2D eigenvalue weighted by atomic mass is 79.9. The van der Waals surface area contributed by atoms with E-state index in [-0.39, 0.29) is 0 Å². The van der Waals surface area contributed by atoms with Gasteiger partial charge < -0.3 is 5.73 Å². The molecular weight excluding hydrogens is 318 g/mol. The first-order valence-electron chi connectivity index (χ1n) is 5.22. The maximum atomic E-state index is 6.46. The van der Waals surface area contributed by atoms with Crippen molar-refractivity contribution in [3.05, 3.63) is 55.1 Å². The molecule has 0 bridgehead atoms. The molecule has 17 heavy (non-hydrogen) atoms. The molecule has 2 rings (SSSR count). The van der Waals surface area contributed by atoms with Gasteiger partial charge in [-0.05, 0) is 48.6 Å². The number of hydrogen-bond acceptors (Lipinski definition) is 2. The Morgan fingerprint density at radius 2 is 2.00 bits per heavy atom. The van der Waals surface area contributed by atoms with Gasteiger partial charge in [0.2, 0.25) is 0 Å². The fraction of sp³-hybridized carbons (Fsp3) is 0.231. The second kappa shape index (κ2) is 4.73. The predicted molar refractivity (Wildman–Crippen MR) is 78.8 cm³/mol. The van der Waals surface area contributed by atoms with Crippen LogP contribution in [0.1, 0.15) is 22.9 Å². The summed E-state index contributed by atoms with van der Waals surface area (Å²) in [6, 6.07) is 7.89. The summed E-state index contributed by atoms with van der Waals surface area (Å²) in [6.45, 7) is 4.08. The molecule has 0 radical (unpaired) electrons. The molecule has 1 aromatic heterocycles. The molecule has 0 aliphatic heterocycles. The Hall–Kier alpha value is -0.350. The topological polar surface area (TPSA) is 26.0 Å². The lowest BCUT2D eigenvalue weighted by Gasteiger charge is -2.27. The zero-order valence-electron chi connectivity index (χ0n) is 9.63. The fourth-order valence-electron chi connectivity index (χ4n) is 1.98. The normalized spacial score (nSPS) is 14.6. The number of hydrogen-bond donors (Lipinski definition) is 1. The van der Waals surface area contributed by atoms with Crippen LogP contribution in [0, 0.1) is 6.92 Å². The largest absolute Gasteiger partial charge is 0.318 e. The third kappa shape index (κ3) is 2.43. The first kappa shape index (κ1) is 13.1. The van der Waals surface area contributed by atoms with Gasteiger partial charge in [0.25, 0.3) is 0 Å². The number of thiophene rings is 1. The molecule has 4 heteroatoms. The van der Waals surface area contributed by atoms with Gasteiger partial charge in [-0.15, -0.1) is 11.3 Å². The van der Waals surface area contributed by atoms with Crippen LogP contribution in [0.2, 0.25) is 5.02 Å². The minimum Gasteiger partial charge on any atom is -0.318 e. The highest BCUT2D eigenvalue weighted by molar-refractivity contribution is 9.10. The molecule has 1 aromatic carbocycles. The second-order valence-electron chi connectivity index (χ2n) is 4.22. The Morgan fingerprint density at radius 3 is 2.53 bits per heavy atom. The van der Waals surface area contributed by atoms with Crippen LogP contribution < -0.4 is 5.73 Å². The Morgan fingerprint density at radius 1 is 1.29 bits per heavy atom. The number of rotatable bonds is 2. The maximum absolute atomic E-state index is 6.46. The molecule has 90 valence electrons. The van der Waals surface area contributed by atoms with E-state index >= 15 is 0 Å². The summed E-state index contributed by atoms with van der Waals surface area (Å²) in [6.07, 6.45) is 0. The van der Waals surface area contributed by atoms with Crippen molar-refractivity contribution >= 4 is 38.9 Å². The molecule has 2 aromatic rings. The van der Waals surface area contributed by atoms with Crippen LogP contribution in [-0.4, -0.2) is 0 Å². The van der Waals surface area contributed by atoms with Crippen molar-refractivity contribution in [3.63, 3.8) is 0 Å².